The van der Waals surface area contributed by atoms with Crippen molar-refractivity contribution in [2.24, 2.45) is 5.92 Å². The molecule has 9 nitrogen and oxygen atoms in total. The molecule has 224 valence electrons. The summed E-state index contributed by atoms with van der Waals surface area (Å²) in [4.78, 5) is 23.3. The van der Waals surface area contributed by atoms with E-state index in [4.69, 9.17) is 30.8 Å². The highest BCUT2D eigenvalue weighted by Crippen LogP contribution is 2.49. The minimum atomic E-state index is -0.943. The molecule has 4 aliphatic rings. The zero-order chi connectivity index (χ0) is 29.6. The van der Waals surface area contributed by atoms with E-state index >= 15 is 0 Å². The largest absolute Gasteiger partial charge is 0.490 e. The molecule has 4 fully saturated rings. The van der Waals surface area contributed by atoms with Crippen molar-refractivity contribution in [3.8, 4) is 11.5 Å². The molecule has 11 heteroatoms. The Morgan fingerprint density at radius 1 is 1.14 bits per heavy atom. The third-order valence-electron chi connectivity index (χ3n) is 8.73. The van der Waals surface area contributed by atoms with Gasteiger partial charge >= 0.3 is 5.97 Å². The fraction of sp³-hybridized carbons (Fsp3) is 0.406. The van der Waals surface area contributed by atoms with Gasteiger partial charge < -0.3 is 23.9 Å². The molecule has 5 heterocycles. The molecule has 1 N–H and O–H groups in total. The summed E-state index contributed by atoms with van der Waals surface area (Å²) in [5, 5.41) is 9.89. The summed E-state index contributed by atoms with van der Waals surface area (Å²) in [6.45, 7) is 3.96. The van der Waals surface area contributed by atoms with E-state index in [0.29, 0.717) is 35.5 Å². The quantitative estimate of drug-likeness (QED) is 0.245. The third-order valence-corrected chi connectivity index (χ3v) is 8.96. The van der Waals surface area contributed by atoms with Crippen LogP contribution in [0, 0.1) is 11.7 Å². The molecule has 43 heavy (non-hydrogen) atoms. The SMILES string of the molecule is O=C(O)c1ccc2nc(CN3CCC(Oc4ccnc(COc5ccc(Cl)cc5F)c4)CC3)n(CC34CC(CO3)C4)c2c1. The number of rotatable bonds is 10. The van der Waals surface area contributed by atoms with Crippen LogP contribution in [0.2, 0.25) is 5.02 Å². The fourth-order valence-electron chi connectivity index (χ4n) is 6.52. The number of imidazole rings is 1. The predicted molar refractivity (Wildman–Crippen MR) is 157 cm³/mol. The molecular weight excluding hydrogens is 575 g/mol. The van der Waals surface area contributed by atoms with E-state index < -0.39 is 11.8 Å². The van der Waals surface area contributed by atoms with E-state index in [1.807, 2.05) is 12.1 Å². The smallest absolute Gasteiger partial charge is 0.335 e. The second-order valence-corrected chi connectivity index (χ2v) is 12.3. The fourth-order valence-corrected chi connectivity index (χ4v) is 6.68. The maximum atomic E-state index is 14.1. The number of hydrogen-bond acceptors (Lipinski definition) is 7. The molecular formula is C32H32ClFN4O5. The van der Waals surface area contributed by atoms with Gasteiger partial charge in [-0.2, -0.15) is 0 Å². The van der Waals surface area contributed by atoms with Crippen LogP contribution in [0.4, 0.5) is 4.39 Å². The molecule has 3 aliphatic heterocycles. The zero-order valence-electron chi connectivity index (χ0n) is 23.5. The Labute approximate surface area is 253 Å². The lowest BCUT2D eigenvalue weighted by Gasteiger charge is -2.37. The van der Waals surface area contributed by atoms with Gasteiger partial charge in [-0.15, -0.1) is 0 Å². The van der Waals surface area contributed by atoms with E-state index in [1.165, 1.54) is 12.1 Å². The Bertz CT molecular complexity index is 1660. The van der Waals surface area contributed by atoms with E-state index in [0.717, 1.165) is 62.2 Å². The Kier molecular flexibility index (Phi) is 7.44. The second-order valence-electron chi connectivity index (χ2n) is 11.8. The van der Waals surface area contributed by atoms with Gasteiger partial charge in [-0.1, -0.05) is 11.6 Å². The van der Waals surface area contributed by atoms with Gasteiger partial charge in [-0.05, 0) is 74.1 Å². The molecule has 1 saturated carbocycles. The molecule has 2 bridgehead atoms. The molecule has 0 amide bonds. The lowest BCUT2D eigenvalue weighted by atomic mass is 9.74. The van der Waals surface area contributed by atoms with Crippen molar-refractivity contribution in [2.75, 3.05) is 19.7 Å². The number of carboxylic acid groups (broad SMARTS) is 1. The summed E-state index contributed by atoms with van der Waals surface area (Å²) in [5.74, 6) is 0.933. The van der Waals surface area contributed by atoms with Crippen LogP contribution in [0.25, 0.3) is 11.0 Å². The van der Waals surface area contributed by atoms with Gasteiger partial charge in [0, 0.05) is 30.4 Å². The number of nitrogens with zero attached hydrogens (tertiary/aromatic N) is 4. The summed E-state index contributed by atoms with van der Waals surface area (Å²) in [6, 6.07) is 13.1. The first-order valence-corrected chi connectivity index (χ1v) is 15.0. The van der Waals surface area contributed by atoms with Gasteiger partial charge in [-0.25, -0.2) is 14.2 Å². The minimum absolute atomic E-state index is 0.0516. The second kappa shape index (κ2) is 11.4. The molecule has 2 aromatic heterocycles. The number of halogens is 2. The standard InChI is InChI=1S/C32H32ClFN4O5/c33-22-2-4-29(26(34)12-22)41-18-23-13-25(5-8-35-23)43-24-6-9-37(10-7-24)16-30-36-27-3-1-21(31(39)40)11-28(27)38(30)19-32-14-20(15-32)17-42-32/h1-5,8,11-13,20,24H,6-7,9-10,14-19H2,(H,39,40). The van der Waals surface area contributed by atoms with Crippen LogP contribution in [0.5, 0.6) is 11.5 Å². The highest BCUT2D eigenvalue weighted by molar-refractivity contribution is 6.30. The van der Waals surface area contributed by atoms with Crippen LogP contribution in [-0.2, 0) is 24.4 Å². The van der Waals surface area contributed by atoms with Crippen molar-refractivity contribution in [3.05, 3.63) is 82.6 Å². The van der Waals surface area contributed by atoms with Crippen LogP contribution in [0.1, 0.15) is 47.6 Å². The van der Waals surface area contributed by atoms with Crippen molar-refractivity contribution >= 4 is 28.6 Å². The van der Waals surface area contributed by atoms with Crippen LogP contribution in [0.3, 0.4) is 0 Å². The van der Waals surface area contributed by atoms with Crippen molar-refractivity contribution in [2.45, 2.75) is 57.1 Å². The van der Waals surface area contributed by atoms with Crippen molar-refractivity contribution in [1.82, 2.24) is 19.4 Å². The van der Waals surface area contributed by atoms with Gasteiger partial charge in [0.05, 0.1) is 47.6 Å². The lowest BCUT2D eigenvalue weighted by molar-refractivity contribution is -0.0138. The van der Waals surface area contributed by atoms with Gasteiger partial charge in [0.1, 0.15) is 24.3 Å². The Morgan fingerprint density at radius 3 is 2.72 bits per heavy atom. The summed E-state index contributed by atoms with van der Waals surface area (Å²) in [6.07, 6.45) is 5.52. The summed E-state index contributed by atoms with van der Waals surface area (Å²) < 4.78 is 34.3. The van der Waals surface area contributed by atoms with Crippen molar-refractivity contribution in [3.63, 3.8) is 0 Å². The summed E-state index contributed by atoms with van der Waals surface area (Å²) >= 11 is 5.82. The maximum Gasteiger partial charge on any atom is 0.335 e. The predicted octanol–water partition coefficient (Wildman–Crippen LogP) is 5.72. The monoisotopic (exact) mass is 606 g/mol. The van der Waals surface area contributed by atoms with Crippen LogP contribution in [0.15, 0.2) is 54.7 Å². The molecule has 0 radical (unpaired) electrons. The van der Waals surface area contributed by atoms with E-state index in [2.05, 4.69) is 14.5 Å². The lowest BCUT2D eigenvalue weighted by Crippen LogP contribution is -2.42. The average Bonchev–Trinajstić information content (AvgIpc) is 3.67. The number of aromatic nitrogens is 3. The number of hydrogen-bond donors (Lipinski definition) is 1. The first-order chi connectivity index (χ1) is 20.8. The first kappa shape index (κ1) is 28.1. The highest BCUT2D eigenvalue weighted by Gasteiger charge is 2.52. The Hall–Kier alpha value is -3.73. The van der Waals surface area contributed by atoms with Crippen molar-refractivity contribution < 1.29 is 28.5 Å². The average molecular weight is 607 g/mol. The number of carboxylic acids is 1. The molecule has 8 rings (SSSR count). The van der Waals surface area contributed by atoms with E-state index in [-0.39, 0.29) is 29.6 Å². The van der Waals surface area contributed by atoms with E-state index in [1.54, 1.807) is 30.5 Å². The molecule has 0 atom stereocenters. The van der Waals surface area contributed by atoms with Crippen molar-refractivity contribution in [1.29, 1.82) is 0 Å². The normalized spacial score (nSPS) is 22.0. The molecule has 3 saturated heterocycles. The minimum Gasteiger partial charge on any atom is -0.490 e. The Morgan fingerprint density at radius 2 is 1.98 bits per heavy atom. The van der Waals surface area contributed by atoms with Crippen LogP contribution in [-0.4, -0.2) is 61.9 Å². The zero-order valence-corrected chi connectivity index (χ0v) is 24.3. The molecule has 0 spiro atoms. The number of pyridine rings is 1. The maximum absolute atomic E-state index is 14.1. The molecule has 4 aromatic rings. The van der Waals surface area contributed by atoms with Crippen LogP contribution >= 0.6 is 11.6 Å². The molecule has 2 aromatic carbocycles. The number of likely N-dealkylation sites (tertiary alicyclic amines) is 1. The number of ether oxygens (including phenoxy) is 3. The van der Waals surface area contributed by atoms with Gasteiger partial charge in [0.25, 0.3) is 0 Å². The number of benzene rings is 2. The summed E-state index contributed by atoms with van der Waals surface area (Å²) in [7, 11) is 0. The van der Waals surface area contributed by atoms with Gasteiger partial charge in [-0.3, -0.25) is 9.88 Å². The molecule has 0 unspecified atom stereocenters. The number of piperidine rings is 1. The number of aromatic carboxylic acids is 1. The highest BCUT2D eigenvalue weighted by atomic mass is 35.5. The van der Waals surface area contributed by atoms with Crippen LogP contribution < -0.4 is 9.47 Å². The molecule has 1 aliphatic carbocycles. The number of fused-ring (bicyclic) bond motifs is 2. The Balaban J connectivity index is 0.986. The van der Waals surface area contributed by atoms with Gasteiger partial charge in [0.15, 0.2) is 11.6 Å². The van der Waals surface area contributed by atoms with Gasteiger partial charge in [0.2, 0.25) is 0 Å². The van der Waals surface area contributed by atoms with E-state index in [9.17, 15) is 14.3 Å². The third kappa shape index (κ3) is 5.91. The first-order valence-electron chi connectivity index (χ1n) is 14.6. The summed E-state index contributed by atoms with van der Waals surface area (Å²) in [5.41, 5.74) is 2.39. The topological polar surface area (TPSA) is 98.9 Å². The number of carbonyl (C=O) groups is 1.